The van der Waals surface area contributed by atoms with Crippen LogP contribution in [0.2, 0.25) is 0 Å². The number of carbonyl (C=O) groups excluding carboxylic acids is 2. The maximum Gasteiger partial charge on any atom is 0.306 e. The largest absolute Gasteiger partial charge is 0.481 e. The fourth-order valence-electron chi connectivity index (χ4n) is 2.95. The van der Waals surface area contributed by atoms with E-state index in [9.17, 15) is 14.4 Å². The molecular formula is C17H22N2O4. The molecule has 0 heterocycles. The van der Waals surface area contributed by atoms with Gasteiger partial charge in [-0.05, 0) is 44.2 Å². The van der Waals surface area contributed by atoms with Crippen molar-refractivity contribution in [3.63, 3.8) is 0 Å². The van der Waals surface area contributed by atoms with Crippen LogP contribution >= 0.6 is 0 Å². The number of anilines is 1. The summed E-state index contributed by atoms with van der Waals surface area (Å²) in [5.74, 6) is -2.15. The molecule has 2 rings (SSSR count). The Morgan fingerprint density at radius 1 is 1.13 bits per heavy atom. The minimum absolute atomic E-state index is 0.110. The summed E-state index contributed by atoms with van der Waals surface area (Å²) in [5.41, 5.74) is 2.69. The molecule has 1 aromatic rings. The molecule has 2 amide bonds. The molecule has 124 valence electrons. The predicted molar refractivity (Wildman–Crippen MR) is 86.0 cm³/mol. The van der Waals surface area contributed by atoms with E-state index in [2.05, 4.69) is 10.6 Å². The van der Waals surface area contributed by atoms with Crippen molar-refractivity contribution >= 4 is 23.5 Å². The van der Waals surface area contributed by atoms with Crippen LogP contribution < -0.4 is 10.6 Å². The van der Waals surface area contributed by atoms with E-state index in [4.69, 9.17) is 5.11 Å². The second kappa shape index (κ2) is 7.26. The van der Waals surface area contributed by atoms with Gasteiger partial charge in [-0.1, -0.05) is 18.2 Å². The van der Waals surface area contributed by atoms with Crippen molar-refractivity contribution in [1.29, 1.82) is 0 Å². The quantitative estimate of drug-likeness (QED) is 0.772. The van der Waals surface area contributed by atoms with Gasteiger partial charge in [0.1, 0.15) is 0 Å². The number of amides is 2. The van der Waals surface area contributed by atoms with Crippen LogP contribution in [-0.4, -0.2) is 29.4 Å². The van der Waals surface area contributed by atoms with E-state index in [0.29, 0.717) is 19.3 Å². The highest BCUT2D eigenvalue weighted by atomic mass is 16.4. The van der Waals surface area contributed by atoms with Crippen LogP contribution in [-0.2, 0) is 14.4 Å². The second-order valence-electron chi connectivity index (χ2n) is 6.08. The Morgan fingerprint density at radius 3 is 2.30 bits per heavy atom. The van der Waals surface area contributed by atoms with Crippen LogP contribution in [0, 0.1) is 25.7 Å². The van der Waals surface area contributed by atoms with E-state index in [-0.39, 0.29) is 24.3 Å². The normalized spacial score (nSPS) is 20.1. The summed E-state index contributed by atoms with van der Waals surface area (Å²) in [6.45, 7) is 3.71. The Morgan fingerprint density at radius 2 is 1.74 bits per heavy atom. The maximum atomic E-state index is 12.0. The van der Waals surface area contributed by atoms with Crippen molar-refractivity contribution in [2.45, 2.75) is 33.1 Å². The summed E-state index contributed by atoms with van der Waals surface area (Å²) >= 11 is 0. The van der Waals surface area contributed by atoms with Crippen molar-refractivity contribution in [3.05, 3.63) is 29.3 Å². The number of rotatable bonds is 5. The zero-order chi connectivity index (χ0) is 17.0. The number of hydrogen-bond donors (Lipinski definition) is 3. The number of aliphatic carboxylic acids is 1. The summed E-state index contributed by atoms with van der Waals surface area (Å²) in [6, 6.07) is 5.73. The van der Waals surface area contributed by atoms with Crippen molar-refractivity contribution < 1.29 is 19.5 Å². The number of carboxylic acid groups (broad SMARTS) is 1. The molecule has 1 saturated carbocycles. The van der Waals surface area contributed by atoms with Gasteiger partial charge in [0.05, 0.1) is 12.5 Å². The Hall–Kier alpha value is -2.37. The van der Waals surface area contributed by atoms with E-state index in [1.165, 1.54) is 0 Å². The van der Waals surface area contributed by atoms with Gasteiger partial charge < -0.3 is 15.7 Å². The Balaban J connectivity index is 1.83. The first-order chi connectivity index (χ1) is 10.9. The summed E-state index contributed by atoms with van der Waals surface area (Å²) in [4.78, 5) is 34.9. The van der Waals surface area contributed by atoms with Gasteiger partial charge in [-0.25, -0.2) is 0 Å². The zero-order valence-corrected chi connectivity index (χ0v) is 13.4. The average molecular weight is 318 g/mol. The molecule has 23 heavy (non-hydrogen) atoms. The Kier molecular flexibility index (Phi) is 5.36. The number of hydrogen-bond acceptors (Lipinski definition) is 3. The third-order valence-electron chi connectivity index (χ3n) is 4.32. The zero-order valence-electron chi connectivity index (χ0n) is 13.4. The van der Waals surface area contributed by atoms with Gasteiger partial charge in [-0.15, -0.1) is 0 Å². The molecule has 0 spiro atoms. The van der Waals surface area contributed by atoms with Gasteiger partial charge in [0.15, 0.2) is 0 Å². The third-order valence-corrected chi connectivity index (χ3v) is 4.32. The molecule has 6 nitrogen and oxygen atoms in total. The number of para-hydroxylation sites is 1. The minimum Gasteiger partial charge on any atom is -0.481 e. The van der Waals surface area contributed by atoms with Crippen LogP contribution in [0.3, 0.4) is 0 Å². The van der Waals surface area contributed by atoms with Crippen LogP contribution in [0.4, 0.5) is 5.69 Å². The number of carboxylic acids is 1. The van der Waals surface area contributed by atoms with Gasteiger partial charge in [0.25, 0.3) is 0 Å². The van der Waals surface area contributed by atoms with Crippen LogP contribution in [0.15, 0.2) is 18.2 Å². The minimum atomic E-state index is -0.854. The fourth-order valence-corrected chi connectivity index (χ4v) is 2.95. The number of benzene rings is 1. The van der Waals surface area contributed by atoms with Crippen LogP contribution in [0.1, 0.15) is 30.4 Å². The predicted octanol–water partition coefficient (Wildman–Crippen LogP) is 1.86. The molecular weight excluding hydrogens is 296 g/mol. The lowest BCUT2D eigenvalue weighted by atomic mass is 10.0. The lowest BCUT2D eigenvalue weighted by Gasteiger charge is -2.13. The molecule has 6 heteroatoms. The third kappa shape index (κ3) is 4.31. The molecule has 0 aliphatic heterocycles. The first-order valence-corrected chi connectivity index (χ1v) is 7.75. The highest BCUT2D eigenvalue weighted by molar-refractivity contribution is 5.96. The van der Waals surface area contributed by atoms with Gasteiger partial charge in [-0.3, -0.25) is 14.4 Å². The van der Waals surface area contributed by atoms with Gasteiger partial charge in [0, 0.05) is 11.6 Å². The summed E-state index contributed by atoms with van der Waals surface area (Å²) < 4.78 is 0. The second-order valence-corrected chi connectivity index (χ2v) is 6.08. The topological polar surface area (TPSA) is 95.5 Å². The van der Waals surface area contributed by atoms with Crippen molar-refractivity contribution in [1.82, 2.24) is 5.32 Å². The number of nitrogens with one attached hydrogen (secondary N) is 2. The molecule has 2 atom stereocenters. The van der Waals surface area contributed by atoms with E-state index in [1.807, 2.05) is 32.0 Å². The molecule has 1 aliphatic rings. The van der Waals surface area contributed by atoms with Crippen LogP contribution in [0.5, 0.6) is 0 Å². The molecule has 1 aromatic carbocycles. The number of carbonyl (C=O) groups is 3. The average Bonchev–Trinajstić information content (AvgIpc) is 2.99. The molecule has 0 radical (unpaired) electrons. The van der Waals surface area contributed by atoms with Gasteiger partial charge in [0.2, 0.25) is 11.8 Å². The SMILES string of the molecule is Cc1cccc(C)c1NC(=O)CNC(=O)[C@@H]1CC[C@H](C(=O)O)C1. The van der Waals surface area contributed by atoms with Crippen molar-refractivity contribution in [3.8, 4) is 0 Å². The molecule has 0 aromatic heterocycles. The molecule has 1 fully saturated rings. The lowest BCUT2D eigenvalue weighted by Crippen LogP contribution is -2.36. The van der Waals surface area contributed by atoms with Crippen molar-refractivity contribution in [2.75, 3.05) is 11.9 Å². The smallest absolute Gasteiger partial charge is 0.306 e. The summed E-state index contributed by atoms with van der Waals surface area (Å²) in [7, 11) is 0. The highest BCUT2D eigenvalue weighted by Crippen LogP contribution is 2.31. The van der Waals surface area contributed by atoms with E-state index >= 15 is 0 Å². The molecule has 0 saturated heterocycles. The van der Waals surface area contributed by atoms with Crippen molar-refractivity contribution in [2.24, 2.45) is 11.8 Å². The standard InChI is InChI=1S/C17H22N2O4/c1-10-4-3-5-11(2)15(10)19-14(20)9-18-16(21)12-6-7-13(8-12)17(22)23/h3-5,12-13H,6-9H2,1-2H3,(H,18,21)(H,19,20)(H,22,23)/t12-,13+/m1/s1. The van der Waals surface area contributed by atoms with Gasteiger partial charge in [-0.2, -0.15) is 0 Å². The molecule has 1 aliphatic carbocycles. The Labute approximate surface area is 135 Å². The van der Waals surface area contributed by atoms with Gasteiger partial charge >= 0.3 is 5.97 Å². The van der Waals surface area contributed by atoms with E-state index < -0.39 is 11.9 Å². The summed E-state index contributed by atoms with van der Waals surface area (Å²) in [5, 5.41) is 14.4. The van der Waals surface area contributed by atoms with Crippen LogP contribution in [0.25, 0.3) is 0 Å². The number of aryl methyl sites for hydroxylation is 2. The first kappa shape index (κ1) is 17.0. The molecule has 0 unspecified atom stereocenters. The highest BCUT2D eigenvalue weighted by Gasteiger charge is 2.33. The van der Waals surface area contributed by atoms with E-state index in [1.54, 1.807) is 0 Å². The lowest BCUT2D eigenvalue weighted by molar-refractivity contribution is -0.141. The molecule has 3 N–H and O–H groups in total. The maximum absolute atomic E-state index is 12.0. The fraction of sp³-hybridized carbons (Fsp3) is 0.471. The monoisotopic (exact) mass is 318 g/mol. The molecule has 0 bridgehead atoms. The Bertz CT molecular complexity index is 607. The summed E-state index contributed by atoms with van der Waals surface area (Å²) in [6.07, 6.45) is 1.42. The van der Waals surface area contributed by atoms with E-state index in [0.717, 1.165) is 16.8 Å². The first-order valence-electron chi connectivity index (χ1n) is 7.75.